The number of rotatable bonds is 7. The summed E-state index contributed by atoms with van der Waals surface area (Å²) >= 11 is 1.73. The maximum absolute atomic E-state index is 9.27. The van der Waals surface area contributed by atoms with Crippen LogP contribution in [0.4, 0.5) is 5.82 Å². The second-order valence-electron chi connectivity index (χ2n) is 5.45. The van der Waals surface area contributed by atoms with Crippen LogP contribution in [-0.2, 0) is 13.1 Å². The fourth-order valence-corrected chi connectivity index (χ4v) is 2.95. The summed E-state index contributed by atoms with van der Waals surface area (Å²) in [6.07, 6.45) is 3.73. The van der Waals surface area contributed by atoms with Gasteiger partial charge in [0, 0.05) is 23.1 Å². The van der Waals surface area contributed by atoms with Crippen molar-refractivity contribution in [2.75, 3.05) is 18.2 Å². The van der Waals surface area contributed by atoms with Gasteiger partial charge in [-0.2, -0.15) is 5.10 Å². The maximum atomic E-state index is 9.27. The van der Waals surface area contributed by atoms with Crippen LogP contribution in [0.5, 0.6) is 0 Å². The largest absolute Gasteiger partial charge is 0.469 e. The van der Waals surface area contributed by atoms with Crippen LogP contribution >= 0.6 is 11.8 Å². The van der Waals surface area contributed by atoms with Gasteiger partial charge in [0.2, 0.25) is 0 Å². The van der Waals surface area contributed by atoms with Crippen molar-refractivity contribution in [1.82, 2.24) is 9.78 Å². The summed E-state index contributed by atoms with van der Waals surface area (Å²) in [5.41, 5.74) is 3.01. The van der Waals surface area contributed by atoms with Crippen LogP contribution in [0.15, 0.2) is 52.0 Å². The summed E-state index contributed by atoms with van der Waals surface area (Å²) in [5.74, 6) is 1.72. The van der Waals surface area contributed by atoms with Gasteiger partial charge in [-0.15, -0.1) is 11.8 Å². The number of furan rings is 1. The Hall–Kier alpha value is -2.18. The van der Waals surface area contributed by atoms with Crippen LogP contribution in [0.25, 0.3) is 11.3 Å². The number of aliphatic hydroxyl groups excluding tert-OH is 1. The monoisotopic (exact) mass is 343 g/mol. The Bertz CT molecular complexity index is 793. The molecule has 6 heteroatoms. The molecule has 0 saturated carbocycles. The van der Waals surface area contributed by atoms with Crippen LogP contribution in [0.1, 0.15) is 11.3 Å². The first-order valence-corrected chi connectivity index (χ1v) is 9.03. The van der Waals surface area contributed by atoms with Gasteiger partial charge in [-0.05, 0) is 36.9 Å². The highest BCUT2D eigenvalue weighted by atomic mass is 32.2. The van der Waals surface area contributed by atoms with Crippen molar-refractivity contribution in [2.24, 2.45) is 0 Å². The van der Waals surface area contributed by atoms with E-state index in [1.807, 2.05) is 19.1 Å². The van der Waals surface area contributed by atoms with Gasteiger partial charge in [-0.25, -0.2) is 4.68 Å². The van der Waals surface area contributed by atoms with Crippen LogP contribution < -0.4 is 5.32 Å². The topological polar surface area (TPSA) is 63.2 Å². The number of thioether (sulfide) groups is 1. The van der Waals surface area contributed by atoms with Gasteiger partial charge in [-0.1, -0.05) is 12.1 Å². The molecule has 2 heterocycles. The highest BCUT2D eigenvalue weighted by molar-refractivity contribution is 7.98. The molecule has 3 aromatic rings. The number of aromatic nitrogens is 2. The zero-order valence-corrected chi connectivity index (χ0v) is 14.6. The van der Waals surface area contributed by atoms with Gasteiger partial charge in [0.05, 0.1) is 25.1 Å². The number of anilines is 1. The van der Waals surface area contributed by atoms with Crippen molar-refractivity contribution in [3.63, 3.8) is 0 Å². The van der Waals surface area contributed by atoms with Crippen molar-refractivity contribution in [3.8, 4) is 11.3 Å². The van der Waals surface area contributed by atoms with E-state index >= 15 is 0 Å². The third-order valence-corrected chi connectivity index (χ3v) is 4.60. The smallest absolute Gasteiger partial charge is 0.125 e. The summed E-state index contributed by atoms with van der Waals surface area (Å²) in [4.78, 5) is 1.25. The molecule has 0 aliphatic rings. The van der Waals surface area contributed by atoms with Crippen molar-refractivity contribution < 1.29 is 9.52 Å². The molecule has 5 nitrogen and oxygen atoms in total. The Kier molecular flexibility index (Phi) is 5.27. The Labute approximate surface area is 145 Å². The number of nitrogens with zero attached hydrogens (tertiary/aromatic N) is 2. The van der Waals surface area contributed by atoms with Gasteiger partial charge in [0.1, 0.15) is 11.6 Å². The highest BCUT2D eigenvalue weighted by Gasteiger charge is 2.12. The van der Waals surface area contributed by atoms with Crippen LogP contribution in [0.3, 0.4) is 0 Å². The van der Waals surface area contributed by atoms with Crippen molar-refractivity contribution in [2.45, 2.75) is 24.9 Å². The van der Waals surface area contributed by atoms with Crippen molar-refractivity contribution >= 4 is 17.6 Å². The molecule has 0 bridgehead atoms. The molecule has 126 valence electrons. The molecular weight excluding hydrogens is 322 g/mol. The molecule has 2 aromatic heterocycles. The van der Waals surface area contributed by atoms with Gasteiger partial charge in [0.25, 0.3) is 0 Å². The van der Waals surface area contributed by atoms with Gasteiger partial charge >= 0.3 is 0 Å². The Balaban J connectivity index is 1.78. The predicted molar refractivity (Wildman–Crippen MR) is 97.3 cm³/mol. The number of aliphatic hydroxyl groups is 1. The Morgan fingerprint density at radius 2 is 2.04 bits per heavy atom. The molecule has 0 radical (unpaired) electrons. The minimum atomic E-state index is 0.0442. The average molecular weight is 343 g/mol. The number of hydrogen-bond acceptors (Lipinski definition) is 5. The van der Waals surface area contributed by atoms with Gasteiger partial charge in [0.15, 0.2) is 0 Å². The zero-order valence-electron chi connectivity index (χ0n) is 13.8. The molecule has 3 rings (SSSR count). The standard InChI is InChI=1S/C18H21N3O2S/c1-13-16(7-10-23-13)17-11-18(21(20-17)8-9-22)19-12-14-3-5-15(24-2)6-4-14/h3-7,10-11,19,22H,8-9,12H2,1-2H3. The lowest BCUT2D eigenvalue weighted by molar-refractivity contribution is 0.270. The van der Waals surface area contributed by atoms with E-state index in [-0.39, 0.29) is 6.61 Å². The van der Waals surface area contributed by atoms with Crippen molar-refractivity contribution in [3.05, 3.63) is 54.0 Å². The third kappa shape index (κ3) is 3.66. The molecule has 24 heavy (non-hydrogen) atoms. The fraction of sp³-hybridized carbons (Fsp3) is 0.278. The van der Waals surface area contributed by atoms with E-state index in [0.717, 1.165) is 22.8 Å². The Morgan fingerprint density at radius 3 is 2.67 bits per heavy atom. The molecule has 0 aliphatic heterocycles. The van der Waals surface area contributed by atoms with E-state index in [1.165, 1.54) is 10.5 Å². The first-order chi connectivity index (χ1) is 11.7. The normalized spacial score (nSPS) is 11.0. The summed E-state index contributed by atoms with van der Waals surface area (Å²) in [7, 11) is 0. The molecule has 0 amide bonds. The van der Waals surface area contributed by atoms with Gasteiger partial charge < -0.3 is 14.8 Å². The van der Waals surface area contributed by atoms with E-state index in [1.54, 1.807) is 22.7 Å². The first-order valence-electron chi connectivity index (χ1n) is 7.81. The Morgan fingerprint density at radius 1 is 1.25 bits per heavy atom. The third-order valence-electron chi connectivity index (χ3n) is 3.86. The zero-order chi connectivity index (χ0) is 16.9. The molecule has 0 fully saturated rings. The molecule has 1 aromatic carbocycles. The minimum absolute atomic E-state index is 0.0442. The molecule has 0 aliphatic carbocycles. The van der Waals surface area contributed by atoms with E-state index in [2.05, 4.69) is 40.9 Å². The SMILES string of the molecule is CSc1ccc(CNc2cc(-c3ccoc3C)nn2CCO)cc1. The summed E-state index contributed by atoms with van der Waals surface area (Å²) in [6.45, 7) is 3.11. The first kappa shape index (κ1) is 16.7. The van der Waals surface area contributed by atoms with Crippen LogP contribution in [-0.4, -0.2) is 27.7 Å². The molecule has 0 unspecified atom stereocenters. The van der Waals surface area contributed by atoms with E-state index in [9.17, 15) is 5.11 Å². The summed E-state index contributed by atoms with van der Waals surface area (Å²) < 4.78 is 7.15. The number of nitrogens with one attached hydrogen (secondary N) is 1. The molecule has 0 atom stereocenters. The highest BCUT2D eigenvalue weighted by Crippen LogP contribution is 2.26. The maximum Gasteiger partial charge on any atom is 0.125 e. The van der Waals surface area contributed by atoms with Crippen LogP contribution in [0.2, 0.25) is 0 Å². The van der Waals surface area contributed by atoms with Crippen molar-refractivity contribution in [1.29, 1.82) is 0 Å². The lowest BCUT2D eigenvalue weighted by Gasteiger charge is -2.09. The lowest BCUT2D eigenvalue weighted by Crippen LogP contribution is -2.10. The summed E-state index contributed by atoms with van der Waals surface area (Å²) in [6, 6.07) is 12.4. The lowest BCUT2D eigenvalue weighted by atomic mass is 10.2. The minimum Gasteiger partial charge on any atom is -0.469 e. The molecule has 2 N–H and O–H groups in total. The molecular formula is C18H21N3O2S. The van der Waals surface area contributed by atoms with Crippen LogP contribution in [0, 0.1) is 6.92 Å². The fourth-order valence-electron chi connectivity index (χ4n) is 2.54. The quantitative estimate of drug-likeness (QED) is 0.639. The van der Waals surface area contributed by atoms with E-state index in [4.69, 9.17) is 4.42 Å². The molecule has 0 saturated heterocycles. The number of hydrogen-bond donors (Lipinski definition) is 2. The van der Waals surface area contributed by atoms with E-state index < -0.39 is 0 Å². The number of aryl methyl sites for hydroxylation is 1. The number of benzene rings is 1. The van der Waals surface area contributed by atoms with Gasteiger partial charge in [-0.3, -0.25) is 0 Å². The van der Waals surface area contributed by atoms with E-state index in [0.29, 0.717) is 13.1 Å². The molecule has 0 spiro atoms. The second kappa shape index (κ2) is 7.59. The summed E-state index contributed by atoms with van der Waals surface area (Å²) in [5, 5.41) is 17.3. The second-order valence-corrected chi connectivity index (χ2v) is 6.33. The predicted octanol–water partition coefficient (Wildman–Crippen LogP) is 3.78. The average Bonchev–Trinajstić information content (AvgIpc) is 3.20.